The molecule has 0 unspecified atom stereocenters. The zero-order valence-corrected chi connectivity index (χ0v) is 13.0. The van der Waals surface area contributed by atoms with E-state index in [2.05, 4.69) is 9.36 Å². The summed E-state index contributed by atoms with van der Waals surface area (Å²) in [4.78, 5) is 18.0. The summed E-state index contributed by atoms with van der Waals surface area (Å²) in [6.07, 6.45) is 1.70. The van der Waals surface area contributed by atoms with Crippen LogP contribution in [0.4, 0.5) is 4.79 Å². The Labute approximate surface area is 121 Å². The van der Waals surface area contributed by atoms with Crippen LogP contribution in [0.3, 0.4) is 0 Å². The van der Waals surface area contributed by atoms with Gasteiger partial charge < -0.3 is 4.74 Å². The fraction of sp³-hybridized carbons (Fsp3) is 0.583. The minimum Gasteiger partial charge on any atom is -0.444 e. The third-order valence-electron chi connectivity index (χ3n) is 2.64. The van der Waals surface area contributed by atoms with E-state index in [1.165, 1.54) is 11.5 Å². The van der Waals surface area contributed by atoms with Gasteiger partial charge in [-0.3, -0.25) is 9.27 Å². The van der Waals surface area contributed by atoms with Crippen molar-refractivity contribution in [3.63, 3.8) is 0 Å². The number of carbonyl (C=O) groups is 1. The lowest BCUT2D eigenvalue weighted by molar-refractivity contribution is 0.0255. The van der Waals surface area contributed by atoms with Crippen LogP contribution < -0.4 is 0 Å². The Hall–Kier alpha value is -1.21. The van der Waals surface area contributed by atoms with Crippen molar-refractivity contribution in [2.45, 2.75) is 39.3 Å². The third kappa shape index (κ3) is 3.42. The Morgan fingerprint density at radius 2 is 2.32 bits per heavy atom. The number of nitrogens with zero attached hydrogens (tertiary/aromatic N) is 2. The molecule has 0 fully saturated rings. The fourth-order valence-electron chi connectivity index (χ4n) is 1.83. The van der Waals surface area contributed by atoms with Gasteiger partial charge in [0.1, 0.15) is 11.4 Å². The molecule has 19 heavy (non-hydrogen) atoms. The summed E-state index contributed by atoms with van der Waals surface area (Å²) < 4.78 is 9.01. The molecule has 0 aliphatic carbocycles. The van der Waals surface area contributed by atoms with E-state index in [0.29, 0.717) is 10.5 Å². The molecule has 2 rings (SSSR count). The molecule has 5 nitrogen and oxygen atoms in total. The predicted molar refractivity (Wildman–Crippen MR) is 77.7 cm³/mol. The van der Waals surface area contributed by atoms with Crippen LogP contribution in [0.25, 0.3) is 5.57 Å². The maximum Gasteiger partial charge on any atom is 0.411 e. The highest BCUT2D eigenvalue weighted by Crippen LogP contribution is 2.25. The standard InChI is InChI=1S/C12H17N3O2S2/c1-7-5-8(9-13-10(18)19-14-9)6-15(7)11(16)17-12(2,3)4/h5,7H,6H2,1-4H3,(H,13,14,18)/t7-/m1/s1. The number of H-pyrrole nitrogens is 1. The van der Waals surface area contributed by atoms with Crippen molar-refractivity contribution in [1.82, 2.24) is 14.3 Å². The monoisotopic (exact) mass is 299 g/mol. The molecule has 1 aliphatic heterocycles. The van der Waals surface area contributed by atoms with Crippen molar-refractivity contribution in [1.29, 1.82) is 0 Å². The number of nitrogens with one attached hydrogen (secondary N) is 1. The molecule has 2 heterocycles. The summed E-state index contributed by atoms with van der Waals surface area (Å²) in [5.74, 6) is 0.743. The largest absolute Gasteiger partial charge is 0.444 e. The van der Waals surface area contributed by atoms with Crippen LogP contribution in [0, 0.1) is 3.95 Å². The third-order valence-corrected chi connectivity index (χ3v) is 3.55. The number of aromatic amines is 1. The number of hydrogen-bond donors (Lipinski definition) is 1. The van der Waals surface area contributed by atoms with Gasteiger partial charge in [-0.1, -0.05) is 6.08 Å². The van der Waals surface area contributed by atoms with Crippen LogP contribution >= 0.6 is 23.8 Å². The highest BCUT2D eigenvalue weighted by molar-refractivity contribution is 7.73. The zero-order valence-electron chi connectivity index (χ0n) is 11.4. The van der Waals surface area contributed by atoms with Crippen LogP contribution in [0.5, 0.6) is 0 Å². The molecular formula is C12H17N3O2S2. The van der Waals surface area contributed by atoms with Gasteiger partial charge in [0.05, 0.1) is 12.6 Å². The molecule has 0 saturated heterocycles. The van der Waals surface area contributed by atoms with Gasteiger partial charge in [-0.25, -0.2) is 9.78 Å². The molecule has 1 aliphatic rings. The lowest BCUT2D eigenvalue weighted by Gasteiger charge is -2.27. The van der Waals surface area contributed by atoms with Crippen molar-refractivity contribution in [3.8, 4) is 0 Å². The van der Waals surface area contributed by atoms with E-state index < -0.39 is 5.60 Å². The Morgan fingerprint density at radius 3 is 2.84 bits per heavy atom. The van der Waals surface area contributed by atoms with Gasteiger partial charge in [0.25, 0.3) is 0 Å². The summed E-state index contributed by atoms with van der Waals surface area (Å²) in [7, 11) is 0. The number of aromatic nitrogens is 2. The second-order valence-corrected chi connectivity index (χ2v) is 6.91. The van der Waals surface area contributed by atoms with Crippen LogP contribution in [0.2, 0.25) is 0 Å². The van der Waals surface area contributed by atoms with E-state index in [-0.39, 0.29) is 12.1 Å². The average Bonchev–Trinajstić information content (AvgIpc) is 2.82. The van der Waals surface area contributed by atoms with Crippen molar-refractivity contribution >= 4 is 35.4 Å². The maximum atomic E-state index is 12.1. The van der Waals surface area contributed by atoms with Gasteiger partial charge in [0.15, 0.2) is 3.95 Å². The average molecular weight is 299 g/mol. The van der Waals surface area contributed by atoms with Gasteiger partial charge in [0, 0.05) is 5.57 Å². The Morgan fingerprint density at radius 1 is 1.63 bits per heavy atom. The quantitative estimate of drug-likeness (QED) is 0.809. The summed E-state index contributed by atoms with van der Waals surface area (Å²) in [5.41, 5.74) is 0.491. The van der Waals surface area contributed by atoms with Gasteiger partial charge in [-0.2, -0.15) is 0 Å². The van der Waals surface area contributed by atoms with Crippen LogP contribution in [-0.2, 0) is 4.74 Å². The fourth-order valence-corrected chi connectivity index (χ4v) is 2.55. The second kappa shape index (κ2) is 5.05. The topological polar surface area (TPSA) is 58.2 Å². The highest BCUT2D eigenvalue weighted by atomic mass is 32.2. The molecule has 0 aromatic carbocycles. The van der Waals surface area contributed by atoms with Crippen LogP contribution in [0.15, 0.2) is 6.08 Å². The Bertz CT molecular complexity index is 568. The highest BCUT2D eigenvalue weighted by Gasteiger charge is 2.31. The number of amides is 1. The first-order valence-electron chi connectivity index (χ1n) is 6.02. The molecule has 1 amide bonds. The van der Waals surface area contributed by atoms with E-state index in [1.807, 2.05) is 33.8 Å². The minimum atomic E-state index is -0.486. The molecule has 1 atom stereocenters. The molecule has 0 spiro atoms. The first-order chi connectivity index (χ1) is 8.76. The number of carbonyl (C=O) groups excluding carboxylic acids is 1. The minimum absolute atomic E-state index is 0.00600. The molecule has 1 aromatic rings. The van der Waals surface area contributed by atoms with Crippen LogP contribution in [-0.4, -0.2) is 38.5 Å². The number of rotatable bonds is 1. The molecule has 104 valence electrons. The molecule has 0 saturated carbocycles. The van der Waals surface area contributed by atoms with Gasteiger partial charge >= 0.3 is 6.09 Å². The van der Waals surface area contributed by atoms with Gasteiger partial charge in [-0.15, -0.1) is 0 Å². The summed E-state index contributed by atoms with van der Waals surface area (Å²) in [6.45, 7) is 8.02. The molecule has 1 aromatic heterocycles. The summed E-state index contributed by atoms with van der Waals surface area (Å²) >= 11 is 6.31. The van der Waals surface area contributed by atoms with Crippen LogP contribution in [0.1, 0.15) is 33.5 Å². The molecule has 1 N–H and O–H groups in total. The summed E-state index contributed by atoms with van der Waals surface area (Å²) in [5, 5.41) is 0. The van der Waals surface area contributed by atoms with Crippen molar-refractivity contribution < 1.29 is 9.53 Å². The predicted octanol–water partition coefficient (Wildman–Crippen LogP) is 3.22. The van der Waals surface area contributed by atoms with E-state index in [9.17, 15) is 4.79 Å². The van der Waals surface area contributed by atoms with Gasteiger partial charge in [0.2, 0.25) is 0 Å². The van der Waals surface area contributed by atoms with Crippen molar-refractivity contribution in [3.05, 3.63) is 15.9 Å². The number of hydrogen-bond acceptors (Lipinski definition) is 5. The number of ether oxygens (including phenoxy) is 1. The smallest absolute Gasteiger partial charge is 0.411 e. The normalized spacial score (nSPS) is 19.5. The maximum absolute atomic E-state index is 12.1. The van der Waals surface area contributed by atoms with Gasteiger partial charge in [-0.05, 0) is 51.4 Å². The lowest BCUT2D eigenvalue weighted by atomic mass is 10.2. The van der Waals surface area contributed by atoms with E-state index in [4.69, 9.17) is 17.0 Å². The summed E-state index contributed by atoms with van der Waals surface area (Å²) in [6, 6.07) is -0.00600. The second-order valence-electron chi connectivity index (χ2n) is 5.47. The first kappa shape index (κ1) is 14.2. The molecular weight excluding hydrogens is 282 g/mol. The molecule has 0 radical (unpaired) electrons. The Kier molecular flexibility index (Phi) is 3.78. The van der Waals surface area contributed by atoms with E-state index in [1.54, 1.807) is 4.90 Å². The van der Waals surface area contributed by atoms with E-state index >= 15 is 0 Å². The zero-order chi connectivity index (χ0) is 14.2. The van der Waals surface area contributed by atoms with E-state index in [0.717, 1.165) is 11.4 Å². The molecule has 0 bridgehead atoms. The lowest BCUT2D eigenvalue weighted by Crippen LogP contribution is -2.39. The SMILES string of the molecule is C[C@@H]1C=C(c2nc(=S)s[nH]2)CN1C(=O)OC(C)(C)C. The molecule has 7 heteroatoms. The van der Waals surface area contributed by atoms with Crippen molar-refractivity contribution in [2.75, 3.05) is 6.54 Å². The first-order valence-corrected chi connectivity index (χ1v) is 7.25. The Balaban J connectivity index is 2.09. The van der Waals surface area contributed by atoms with Crippen molar-refractivity contribution in [2.24, 2.45) is 0 Å².